The third kappa shape index (κ3) is 3.34. The fourth-order valence-corrected chi connectivity index (χ4v) is 2.87. The molecule has 0 radical (unpaired) electrons. The quantitative estimate of drug-likeness (QED) is 0.430. The molecule has 0 N–H and O–H groups in total. The number of hydrogen-bond acceptors (Lipinski definition) is 3. The molecule has 4 aromatic rings. The van der Waals surface area contributed by atoms with Crippen molar-refractivity contribution < 1.29 is 22.4 Å². The number of benzene rings is 2. The fraction of sp³-hybridized carbons (Fsp3) is 0.0476. The molecule has 0 amide bonds. The van der Waals surface area contributed by atoms with E-state index < -0.39 is 11.9 Å². The number of nitrogens with zero attached hydrogens (tertiary/aromatic N) is 2. The highest BCUT2D eigenvalue weighted by atomic mass is 19.4. The molecule has 0 aliphatic rings. The van der Waals surface area contributed by atoms with Crippen LogP contribution in [0.5, 0.6) is 0 Å². The summed E-state index contributed by atoms with van der Waals surface area (Å²) in [5, 5.41) is 3.76. The number of furan rings is 1. The molecule has 2 heterocycles. The summed E-state index contributed by atoms with van der Waals surface area (Å²) in [5.41, 5.74) is 1.16. The van der Waals surface area contributed by atoms with Gasteiger partial charge in [0.05, 0.1) is 11.4 Å². The van der Waals surface area contributed by atoms with Crippen molar-refractivity contribution in [1.82, 2.24) is 9.78 Å². The number of rotatable bonds is 4. The Morgan fingerprint density at radius 1 is 0.893 bits per heavy atom. The predicted octanol–water partition coefficient (Wildman–Crippen LogP) is 5.63. The first kappa shape index (κ1) is 17.8. The summed E-state index contributed by atoms with van der Waals surface area (Å²) in [4.78, 5) is 10.8. The summed E-state index contributed by atoms with van der Waals surface area (Å²) in [6.45, 7) is 0. The minimum Gasteiger partial charge on any atom is -0.453 e. The van der Waals surface area contributed by atoms with Crippen LogP contribution in [0.25, 0.3) is 28.3 Å². The summed E-state index contributed by atoms with van der Waals surface area (Å²) in [7, 11) is 0. The van der Waals surface area contributed by atoms with Gasteiger partial charge < -0.3 is 4.42 Å². The third-order valence-electron chi connectivity index (χ3n) is 4.21. The van der Waals surface area contributed by atoms with E-state index in [0.29, 0.717) is 34.6 Å². The maximum Gasteiger partial charge on any atom is 0.435 e. The van der Waals surface area contributed by atoms with Gasteiger partial charge in [0.1, 0.15) is 5.76 Å². The van der Waals surface area contributed by atoms with Gasteiger partial charge in [0.25, 0.3) is 0 Å². The maximum absolute atomic E-state index is 13.2. The Morgan fingerprint density at radius 2 is 1.57 bits per heavy atom. The van der Waals surface area contributed by atoms with Crippen LogP contribution in [0.3, 0.4) is 0 Å². The average molecular weight is 382 g/mol. The van der Waals surface area contributed by atoms with Crippen molar-refractivity contribution in [2.75, 3.05) is 0 Å². The maximum atomic E-state index is 13.2. The molecular formula is C21H13F3N2O2. The van der Waals surface area contributed by atoms with Crippen LogP contribution >= 0.6 is 0 Å². The molecule has 4 nitrogen and oxygen atoms in total. The van der Waals surface area contributed by atoms with Crippen molar-refractivity contribution in [2.24, 2.45) is 0 Å². The largest absolute Gasteiger partial charge is 0.453 e. The van der Waals surface area contributed by atoms with E-state index in [1.54, 1.807) is 66.7 Å². The number of para-hydroxylation sites is 1. The lowest BCUT2D eigenvalue weighted by atomic mass is 10.1. The lowest BCUT2D eigenvalue weighted by Gasteiger charge is -2.08. The monoisotopic (exact) mass is 382 g/mol. The van der Waals surface area contributed by atoms with E-state index in [9.17, 15) is 18.0 Å². The molecule has 7 heteroatoms. The molecule has 2 aromatic heterocycles. The zero-order valence-corrected chi connectivity index (χ0v) is 14.4. The second-order valence-corrected chi connectivity index (χ2v) is 6.06. The summed E-state index contributed by atoms with van der Waals surface area (Å²) < 4.78 is 46.3. The van der Waals surface area contributed by atoms with Crippen molar-refractivity contribution in [3.05, 3.63) is 84.3 Å². The van der Waals surface area contributed by atoms with Crippen LogP contribution in [0, 0.1) is 0 Å². The van der Waals surface area contributed by atoms with Crippen molar-refractivity contribution in [1.29, 1.82) is 0 Å². The van der Waals surface area contributed by atoms with Gasteiger partial charge in [-0.15, -0.1) is 0 Å². The summed E-state index contributed by atoms with van der Waals surface area (Å²) in [6.07, 6.45) is -3.94. The molecule has 0 atom stereocenters. The summed E-state index contributed by atoms with van der Waals surface area (Å²) in [6, 6.07) is 19.7. The van der Waals surface area contributed by atoms with Gasteiger partial charge >= 0.3 is 6.18 Å². The molecule has 0 bridgehead atoms. The van der Waals surface area contributed by atoms with Crippen LogP contribution in [0.4, 0.5) is 13.2 Å². The minimum absolute atomic E-state index is 0.205. The smallest absolute Gasteiger partial charge is 0.435 e. The molecule has 0 spiro atoms. The second-order valence-electron chi connectivity index (χ2n) is 6.06. The zero-order valence-electron chi connectivity index (χ0n) is 14.4. The van der Waals surface area contributed by atoms with Gasteiger partial charge in [-0.25, -0.2) is 4.68 Å². The molecule has 28 heavy (non-hydrogen) atoms. The van der Waals surface area contributed by atoms with Crippen LogP contribution in [0.1, 0.15) is 16.2 Å². The molecule has 0 aliphatic heterocycles. The SMILES string of the molecule is O=Cc1ccc(-c2ccc(-c3cc(C(F)(F)F)nn3-c3ccccc3)cc2)o1. The highest BCUT2D eigenvalue weighted by Crippen LogP contribution is 2.34. The molecule has 2 aromatic carbocycles. The van der Waals surface area contributed by atoms with Crippen molar-refractivity contribution >= 4 is 6.29 Å². The molecule has 0 fully saturated rings. The minimum atomic E-state index is -4.55. The van der Waals surface area contributed by atoms with Crippen LogP contribution in [-0.4, -0.2) is 16.1 Å². The van der Waals surface area contributed by atoms with Crippen LogP contribution in [-0.2, 0) is 6.18 Å². The highest BCUT2D eigenvalue weighted by molar-refractivity contribution is 5.73. The molecular weight excluding hydrogens is 369 g/mol. The number of carbonyl (C=O) groups excluding carboxylic acids is 1. The van der Waals surface area contributed by atoms with E-state index in [4.69, 9.17) is 4.42 Å². The van der Waals surface area contributed by atoms with Gasteiger partial charge in [-0.1, -0.05) is 42.5 Å². The number of halogens is 3. The Morgan fingerprint density at radius 3 is 2.18 bits per heavy atom. The van der Waals surface area contributed by atoms with E-state index >= 15 is 0 Å². The first-order valence-corrected chi connectivity index (χ1v) is 8.34. The van der Waals surface area contributed by atoms with Crippen molar-refractivity contribution in [3.63, 3.8) is 0 Å². The molecule has 0 aliphatic carbocycles. The van der Waals surface area contributed by atoms with Gasteiger partial charge in [-0.05, 0) is 30.3 Å². The number of carbonyl (C=O) groups is 1. The van der Waals surface area contributed by atoms with Crippen molar-refractivity contribution in [2.45, 2.75) is 6.18 Å². The molecule has 4 rings (SSSR count). The van der Waals surface area contributed by atoms with Gasteiger partial charge in [-0.3, -0.25) is 4.79 Å². The lowest BCUT2D eigenvalue weighted by Crippen LogP contribution is -2.07. The average Bonchev–Trinajstić information content (AvgIpc) is 3.36. The van der Waals surface area contributed by atoms with Gasteiger partial charge in [-0.2, -0.15) is 18.3 Å². The van der Waals surface area contributed by atoms with E-state index in [-0.39, 0.29) is 5.76 Å². The molecule has 140 valence electrons. The van der Waals surface area contributed by atoms with Crippen LogP contribution in [0.2, 0.25) is 0 Å². The second kappa shape index (κ2) is 6.84. The Labute approximate surface area is 157 Å². The number of alkyl halides is 3. The molecule has 0 unspecified atom stereocenters. The van der Waals surface area contributed by atoms with E-state index in [1.807, 2.05) is 0 Å². The lowest BCUT2D eigenvalue weighted by molar-refractivity contribution is -0.141. The Bertz CT molecular complexity index is 1110. The number of hydrogen-bond donors (Lipinski definition) is 0. The molecule has 0 saturated carbocycles. The predicted molar refractivity (Wildman–Crippen MR) is 97.1 cm³/mol. The number of aldehydes is 1. The van der Waals surface area contributed by atoms with Crippen LogP contribution in [0.15, 0.2) is 77.2 Å². The Kier molecular flexibility index (Phi) is 4.35. The molecule has 0 saturated heterocycles. The fourth-order valence-electron chi connectivity index (χ4n) is 2.87. The number of aromatic nitrogens is 2. The topological polar surface area (TPSA) is 48.0 Å². The Hall–Kier alpha value is -3.61. The standard InChI is InChI=1S/C21H13F3N2O2/c22-21(23,24)20-12-18(26(25-20)16-4-2-1-3-5-16)14-6-8-15(9-7-14)19-11-10-17(13-27)28-19/h1-13H. The zero-order chi connectivity index (χ0) is 19.7. The Balaban J connectivity index is 1.77. The van der Waals surface area contributed by atoms with E-state index in [0.717, 1.165) is 6.07 Å². The van der Waals surface area contributed by atoms with Gasteiger partial charge in [0, 0.05) is 11.1 Å². The van der Waals surface area contributed by atoms with Gasteiger partial charge in [0.15, 0.2) is 17.7 Å². The van der Waals surface area contributed by atoms with Crippen LogP contribution < -0.4 is 0 Å². The van der Waals surface area contributed by atoms with E-state index in [2.05, 4.69) is 5.10 Å². The van der Waals surface area contributed by atoms with Crippen molar-refractivity contribution in [3.8, 4) is 28.3 Å². The summed E-state index contributed by atoms with van der Waals surface area (Å²) >= 11 is 0. The van der Waals surface area contributed by atoms with E-state index in [1.165, 1.54) is 4.68 Å². The normalized spacial score (nSPS) is 11.5. The first-order valence-electron chi connectivity index (χ1n) is 8.34. The third-order valence-corrected chi connectivity index (χ3v) is 4.21. The highest BCUT2D eigenvalue weighted by Gasteiger charge is 2.35. The van der Waals surface area contributed by atoms with Gasteiger partial charge in [0.2, 0.25) is 0 Å². The first-order chi connectivity index (χ1) is 13.5. The summed E-state index contributed by atoms with van der Waals surface area (Å²) in [5.74, 6) is 0.706.